The Hall–Kier alpha value is -2.70. The second-order valence-corrected chi connectivity index (χ2v) is 13.0. The highest BCUT2D eigenvalue weighted by atomic mass is 32.2. The maximum atomic E-state index is 13.8. The predicted octanol–water partition coefficient (Wildman–Crippen LogP) is 2.73. The van der Waals surface area contributed by atoms with Gasteiger partial charge in [0.25, 0.3) is 0 Å². The van der Waals surface area contributed by atoms with Gasteiger partial charge in [0.15, 0.2) is 6.29 Å². The number of aliphatic hydroxyl groups is 1. The zero-order valence-electron chi connectivity index (χ0n) is 22.9. The van der Waals surface area contributed by atoms with Gasteiger partial charge in [0.05, 0.1) is 42.8 Å². The van der Waals surface area contributed by atoms with E-state index in [1.807, 2.05) is 44.2 Å². The lowest BCUT2D eigenvalue weighted by molar-refractivity contribution is -0.0907. The fourth-order valence-corrected chi connectivity index (χ4v) is 7.18. The van der Waals surface area contributed by atoms with Crippen LogP contribution in [0, 0.1) is 11.8 Å². The van der Waals surface area contributed by atoms with Gasteiger partial charge in [0, 0.05) is 19.5 Å². The number of carbonyl (C=O) groups is 1. The molecule has 218 valence electrons. The van der Waals surface area contributed by atoms with Crippen LogP contribution in [0.2, 0.25) is 0 Å². The zero-order chi connectivity index (χ0) is 28.3. The quantitative estimate of drug-likeness (QED) is 0.420. The van der Waals surface area contributed by atoms with Gasteiger partial charge in [-0.1, -0.05) is 44.2 Å². The van der Waals surface area contributed by atoms with E-state index in [9.17, 15) is 18.3 Å². The van der Waals surface area contributed by atoms with Crippen LogP contribution in [0.5, 0.6) is 5.75 Å². The molecular formula is C29H38N2O8S. The van der Waals surface area contributed by atoms with Crippen LogP contribution < -0.4 is 10.1 Å². The van der Waals surface area contributed by atoms with Crippen molar-refractivity contribution in [3.63, 3.8) is 0 Å². The minimum absolute atomic E-state index is 0.00850. The Labute approximate surface area is 235 Å². The van der Waals surface area contributed by atoms with Gasteiger partial charge >= 0.3 is 6.09 Å². The number of fused-ring (bicyclic) bond motifs is 2. The maximum absolute atomic E-state index is 13.8. The first kappa shape index (κ1) is 28.8. The average molecular weight is 575 g/mol. The van der Waals surface area contributed by atoms with Crippen LogP contribution in [-0.4, -0.2) is 81.4 Å². The maximum Gasteiger partial charge on any atom is 0.407 e. The number of hydrogen-bond acceptors (Lipinski definition) is 8. The second kappa shape index (κ2) is 12.4. The summed E-state index contributed by atoms with van der Waals surface area (Å²) in [6, 6.07) is 13.5. The van der Waals surface area contributed by atoms with Crippen LogP contribution >= 0.6 is 0 Å². The molecule has 0 bridgehead atoms. The molecule has 11 heteroatoms. The number of nitrogens with zero attached hydrogens (tertiary/aromatic N) is 1. The zero-order valence-corrected chi connectivity index (χ0v) is 23.7. The minimum atomic E-state index is -3.93. The third-order valence-electron chi connectivity index (χ3n) is 7.57. The summed E-state index contributed by atoms with van der Waals surface area (Å²) in [6.45, 7) is 5.19. The van der Waals surface area contributed by atoms with Crippen molar-refractivity contribution in [3.05, 3.63) is 59.7 Å². The molecule has 2 saturated heterocycles. The number of carbonyl (C=O) groups excluding carboxylic acids is 1. The highest BCUT2D eigenvalue weighted by Gasteiger charge is 2.44. The van der Waals surface area contributed by atoms with Gasteiger partial charge in [-0.15, -0.1) is 0 Å². The van der Waals surface area contributed by atoms with E-state index in [1.165, 1.54) is 4.31 Å². The lowest BCUT2D eigenvalue weighted by Gasteiger charge is -2.31. The molecular weight excluding hydrogens is 536 g/mol. The first-order valence-corrected chi connectivity index (χ1v) is 15.3. The molecule has 2 aromatic carbocycles. The van der Waals surface area contributed by atoms with E-state index < -0.39 is 34.4 Å². The Morgan fingerprint density at radius 2 is 1.93 bits per heavy atom. The molecule has 2 fully saturated rings. The van der Waals surface area contributed by atoms with Crippen molar-refractivity contribution in [3.8, 4) is 5.75 Å². The molecule has 1 amide bonds. The largest absolute Gasteiger partial charge is 0.493 e. The van der Waals surface area contributed by atoms with Crippen molar-refractivity contribution in [2.75, 3.05) is 32.9 Å². The predicted molar refractivity (Wildman–Crippen MR) is 146 cm³/mol. The van der Waals surface area contributed by atoms with Crippen LogP contribution in [0.4, 0.5) is 4.79 Å². The van der Waals surface area contributed by atoms with Gasteiger partial charge in [0.2, 0.25) is 10.0 Å². The van der Waals surface area contributed by atoms with Crippen LogP contribution in [0.1, 0.15) is 31.4 Å². The molecule has 0 spiro atoms. The summed E-state index contributed by atoms with van der Waals surface area (Å²) < 4.78 is 51.2. The Balaban J connectivity index is 1.33. The number of aliphatic hydroxyl groups excluding tert-OH is 1. The molecule has 2 aromatic rings. The summed E-state index contributed by atoms with van der Waals surface area (Å²) in [5.74, 6) is 0.685. The minimum Gasteiger partial charge on any atom is -0.493 e. The van der Waals surface area contributed by atoms with Crippen LogP contribution in [0.15, 0.2) is 53.4 Å². The van der Waals surface area contributed by atoms with Gasteiger partial charge in [0.1, 0.15) is 11.9 Å². The topological polar surface area (TPSA) is 124 Å². The average Bonchev–Trinajstić information content (AvgIpc) is 3.66. The molecule has 3 aliphatic heterocycles. The molecule has 0 aromatic heterocycles. The summed E-state index contributed by atoms with van der Waals surface area (Å²) >= 11 is 0. The van der Waals surface area contributed by atoms with Gasteiger partial charge < -0.3 is 29.4 Å². The standard InChI is InChI=1S/C29H38N2O8S/c1-19(2)16-31(40(34,35)22-8-9-26-21(15-22)10-12-36-26)17-25(32)24(14-20-6-4-3-5-7-20)30-29(33)39-27-18-38-28-23(27)11-13-37-28/h3-9,15,19,23-25,27-28,32H,10-14,16-18H2,1-2H3,(H,30,33)/t23-,24-,25+,27?,28+/m0/s1. The van der Waals surface area contributed by atoms with Gasteiger partial charge in [-0.05, 0) is 48.1 Å². The second-order valence-electron chi connectivity index (χ2n) is 11.1. The van der Waals surface area contributed by atoms with Crippen molar-refractivity contribution in [1.29, 1.82) is 0 Å². The van der Waals surface area contributed by atoms with Crippen LogP contribution in [0.3, 0.4) is 0 Å². The number of benzene rings is 2. The van der Waals surface area contributed by atoms with Crippen molar-refractivity contribution >= 4 is 16.1 Å². The molecule has 5 rings (SSSR count). The number of amides is 1. The van der Waals surface area contributed by atoms with Crippen molar-refractivity contribution in [2.24, 2.45) is 11.8 Å². The SMILES string of the molecule is CC(C)CN(C[C@@H](O)[C@H](Cc1ccccc1)NC(=O)OC1CO[C@H]2OCC[C@@H]12)S(=O)(=O)c1ccc2c(c1)CCO2. The summed E-state index contributed by atoms with van der Waals surface area (Å²) in [4.78, 5) is 13.2. The molecule has 3 heterocycles. The Bertz CT molecular complexity index is 1270. The van der Waals surface area contributed by atoms with E-state index in [4.69, 9.17) is 18.9 Å². The summed E-state index contributed by atoms with van der Waals surface area (Å²) in [5.41, 5.74) is 1.74. The number of alkyl carbamates (subject to hydrolysis) is 1. The first-order chi connectivity index (χ1) is 19.2. The van der Waals surface area contributed by atoms with Crippen molar-refractivity contribution < 1.29 is 37.3 Å². The molecule has 0 saturated carbocycles. The normalized spacial score (nSPS) is 23.5. The third-order valence-corrected chi connectivity index (χ3v) is 9.40. The lowest BCUT2D eigenvalue weighted by Crippen LogP contribution is -2.51. The summed E-state index contributed by atoms with van der Waals surface area (Å²) in [7, 11) is -3.93. The van der Waals surface area contributed by atoms with Gasteiger partial charge in [-0.2, -0.15) is 4.31 Å². The van der Waals surface area contributed by atoms with E-state index in [0.717, 1.165) is 17.5 Å². The fourth-order valence-electron chi connectivity index (χ4n) is 5.51. The van der Waals surface area contributed by atoms with Crippen LogP contribution in [-0.2, 0) is 37.1 Å². The number of rotatable bonds is 11. The number of sulfonamides is 1. The van der Waals surface area contributed by atoms with E-state index in [0.29, 0.717) is 31.8 Å². The molecule has 40 heavy (non-hydrogen) atoms. The number of nitrogens with one attached hydrogen (secondary N) is 1. The number of hydrogen-bond donors (Lipinski definition) is 2. The third kappa shape index (κ3) is 6.60. The molecule has 3 aliphatic rings. The van der Waals surface area contributed by atoms with E-state index in [1.54, 1.807) is 18.2 Å². The smallest absolute Gasteiger partial charge is 0.407 e. The van der Waals surface area contributed by atoms with E-state index in [-0.39, 0.29) is 42.7 Å². The first-order valence-electron chi connectivity index (χ1n) is 13.9. The Kier molecular flexibility index (Phi) is 8.96. The van der Waals surface area contributed by atoms with Crippen molar-refractivity contribution in [1.82, 2.24) is 9.62 Å². The van der Waals surface area contributed by atoms with Gasteiger partial charge in [-0.25, -0.2) is 13.2 Å². The summed E-state index contributed by atoms with van der Waals surface area (Å²) in [5, 5.41) is 14.2. The molecule has 5 atom stereocenters. The van der Waals surface area contributed by atoms with Crippen LogP contribution in [0.25, 0.3) is 0 Å². The molecule has 0 aliphatic carbocycles. The number of ether oxygens (including phenoxy) is 4. The van der Waals surface area contributed by atoms with Gasteiger partial charge in [-0.3, -0.25) is 0 Å². The monoisotopic (exact) mass is 574 g/mol. The highest BCUT2D eigenvalue weighted by molar-refractivity contribution is 7.89. The fraction of sp³-hybridized carbons (Fsp3) is 0.552. The molecule has 0 radical (unpaired) electrons. The van der Waals surface area contributed by atoms with E-state index >= 15 is 0 Å². The molecule has 1 unspecified atom stereocenters. The van der Waals surface area contributed by atoms with E-state index in [2.05, 4.69) is 5.32 Å². The highest BCUT2D eigenvalue weighted by Crippen LogP contribution is 2.33. The van der Waals surface area contributed by atoms with Crippen molar-refractivity contribution in [2.45, 2.75) is 62.5 Å². The molecule has 2 N–H and O–H groups in total. The summed E-state index contributed by atoms with van der Waals surface area (Å²) in [6.07, 6.45) is -1.00. The Morgan fingerprint density at radius 3 is 2.70 bits per heavy atom. The Morgan fingerprint density at radius 1 is 1.12 bits per heavy atom. The lowest BCUT2D eigenvalue weighted by atomic mass is 10.0. The molecule has 10 nitrogen and oxygen atoms in total.